The molecule has 0 saturated carbocycles. The molecule has 0 N–H and O–H groups in total. The summed E-state index contributed by atoms with van der Waals surface area (Å²) in [6.07, 6.45) is 0. The smallest absolute Gasteiger partial charge is 0.338 e. The first-order valence-corrected chi connectivity index (χ1v) is 10.3. The van der Waals surface area contributed by atoms with Gasteiger partial charge in [0, 0.05) is 36.1 Å². The van der Waals surface area contributed by atoms with Gasteiger partial charge in [-0.25, -0.2) is 22.3 Å². The number of hydrogen-bond donors (Lipinski definition) is 0. The number of sulfonamides is 1. The van der Waals surface area contributed by atoms with Crippen molar-refractivity contribution in [1.29, 1.82) is 0 Å². The molecule has 3 aromatic rings. The van der Waals surface area contributed by atoms with Gasteiger partial charge in [0.2, 0.25) is 10.0 Å². The summed E-state index contributed by atoms with van der Waals surface area (Å²) in [7, 11) is -0.743. The maximum absolute atomic E-state index is 12.3. The average Bonchev–Trinajstić information content (AvgIpc) is 2.67. The SMILES string of the molecule is Cc1cc2oc(=O)cc(COC(=O)c3ccc(S(=O)(=O)N(C)C)cc3)c2cc1Cl. The number of carbonyl (C=O) groups is 1. The molecule has 0 atom stereocenters. The van der Waals surface area contributed by atoms with Gasteiger partial charge in [0.15, 0.2) is 0 Å². The second-order valence-corrected chi connectivity index (χ2v) is 9.14. The lowest BCUT2D eigenvalue weighted by atomic mass is 10.1. The Morgan fingerprint density at radius 1 is 1.14 bits per heavy atom. The van der Waals surface area contributed by atoms with Crippen molar-refractivity contribution in [2.24, 2.45) is 0 Å². The van der Waals surface area contributed by atoms with Gasteiger partial charge in [0.05, 0.1) is 10.5 Å². The van der Waals surface area contributed by atoms with Crippen LogP contribution in [-0.2, 0) is 21.4 Å². The molecule has 0 amide bonds. The highest BCUT2D eigenvalue weighted by Gasteiger charge is 2.18. The zero-order valence-corrected chi connectivity index (χ0v) is 17.5. The molecule has 29 heavy (non-hydrogen) atoms. The molecule has 1 aromatic heterocycles. The van der Waals surface area contributed by atoms with Crippen molar-refractivity contribution in [2.45, 2.75) is 18.4 Å². The number of ether oxygens (including phenoxy) is 1. The minimum atomic E-state index is -3.59. The van der Waals surface area contributed by atoms with Gasteiger partial charge in [0.25, 0.3) is 0 Å². The quantitative estimate of drug-likeness (QED) is 0.450. The largest absolute Gasteiger partial charge is 0.457 e. The van der Waals surface area contributed by atoms with E-state index in [1.165, 1.54) is 44.4 Å². The summed E-state index contributed by atoms with van der Waals surface area (Å²) in [5.74, 6) is -0.654. The molecule has 0 fully saturated rings. The van der Waals surface area contributed by atoms with Crippen molar-refractivity contribution < 1.29 is 22.4 Å². The van der Waals surface area contributed by atoms with Crippen molar-refractivity contribution in [1.82, 2.24) is 4.31 Å². The predicted molar refractivity (Wildman–Crippen MR) is 109 cm³/mol. The van der Waals surface area contributed by atoms with E-state index in [1.54, 1.807) is 19.1 Å². The van der Waals surface area contributed by atoms with Gasteiger partial charge in [-0.15, -0.1) is 0 Å². The Balaban J connectivity index is 1.83. The van der Waals surface area contributed by atoms with Crippen molar-refractivity contribution in [3.05, 3.63) is 74.6 Å². The summed E-state index contributed by atoms with van der Waals surface area (Å²) in [5.41, 5.74) is 1.18. The summed E-state index contributed by atoms with van der Waals surface area (Å²) in [6.45, 7) is 1.62. The van der Waals surface area contributed by atoms with Crippen LogP contribution in [0.4, 0.5) is 0 Å². The molecule has 3 rings (SSSR count). The van der Waals surface area contributed by atoms with Crippen LogP contribution in [0.2, 0.25) is 5.02 Å². The number of carbonyl (C=O) groups excluding carboxylic acids is 1. The fourth-order valence-corrected chi connectivity index (χ4v) is 3.73. The van der Waals surface area contributed by atoms with E-state index in [2.05, 4.69) is 0 Å². The van der Waals surface area contributed by atoms with E-state index in [0.29, 0.717) is 21.6 Å². The first-order chi connectivity index (χ1) is 13.6. The first-order valence-electron chi connectivity index (χ1n) is 8.52. The molecule has 0 aliphatic heterocycles. The predicted octanol–water partition coefficient (Wildman–Crippen LogP) is 3.36. The van der Waals surface area contributed by atoms with Crippen LogP contribution in [0.15, 0.2) is 56.6 Å². The Labute approximate surface area is 172 Å². The topological polar surface area (TPSA) is 93.9 Å². The Morgan fingerprint density at radius 3 is 2.41 bits per heavy atom. The van der Waals surface area contributed by atoms with E-state index >= 15 is 0 Å². The van der Waals surface area contributed by atoms with Gasteiger partial charge >= 0.3 is 11.6 Å². The van der Waals surface area contributed by atoms with Crippen molar-refractivity contribution >= 4 is 38.6 Å². The molecule has 152 valence electrons. The second kappa shape index (κ2) is 7.98. The van der Waals surface area contributed by atoms with Gasteiger partial charge in [0.1, 0.15) is 12.2 Å². The van der Waals surface area contributed by atoms with Crippen LogP contribution < -0.4 is 5.63 Å². The molecule has 0 aliphatic rings. The zero-order chi connectivity index (χ0) is 21.3. The molecule has 0 radical (unpaired) electrons. The summed E-state index contributed by atoms with van der Waals surface area (Å²) in [4.78, 5) is 24.2. The fourth-order valence-electron chi connectivity index (χ4n) is 2.67. The van der Waals surface area contributed by atoms with Crippen molar-refractivity contribution in [3.63, 3.8) is 0 Å². The number of hydrogen-bond acceptors (Lipinski definition) is 6. The first kappa shape index (κ1) is 21.0. The van der Waals surface area contributed by atoms with E-state index < -0.39 is 21.6 Å². The molecule has 0 saturated heterocycles. The summed E-state index contributed by atoms with van der Waals surface area (Å²) in [6, 6.07) is 9.95. The van der Waals surface area contributed by atoms with Crippen molar-refractivity contribution in [3.8, 4) is 0 Å². The zero-order valence-electron chi connectivity index (χ0n) is 15.9. The van der Waals surface area contributed by atoms with Crippen LogP contribution in [0.25, 0.3) is 11.0 Å². The third-order valence-electron chi connectivity index (χ3n) is 4.34. The Kier molecular flexibility index (Phi) is 5.79. The minimum absolute atomic E-state index is 0.0655. The maximum Gasteiger partial charge on any atom is 0.338 e. The third kappa shape index (κ3) is 4.34. The molecule has 0 spiro atoms. The van der Waals surface area contributed by atoms with Crippen LogP contribution in [-0.4, -0.2) is 32.8 Å². The standard InChI is InChI=1S/C20H18ClNO6S/c1-12-8-18-16(10-17(12)21)14(9-19(23)28-18)11-27-20(24)13-4-6-15(7-5-13)29(25,26)22(2)3/h4-10H,11H2,1-3H3. The van der Waals surface area contributed by atoms with E-state index in [-0.39, 0.29) is 17.1 Å². The van der Waals surface area contributed by atoms with Gasteiger partial charge in [-0.1, -0.05) is 11.6 Å². The lowest BCUT2D eigenvalue weighted by molar-refractivity contribution is 0.0473. The number of aryl methyl sites for hydroxylation is 1. The lowest BCUT2D eigenvalue weighted by Crippen LogP contribution is -2.22. The molecule has 0 aliphatic carbocycles. The Morgan fingerprint density at radius 2 is 1.79 bits per heavy atom. The van der Waals surface area contributed by atoms with Crippen LogP contribution in [0.5, 0.6) is 0 Å². The lowest BCUT2D eigenvalue weighted by Gasteiger charge is -2.12. The fraction of sp³-hybridized carbons (Fsp3) is 0.200. The third-order valence-corrected chi connectivity index (χ3v) is 6.57. The number of benzene rings is 2. The van der Waals surface area contributed by atoms with E-state index in [4.69, 9.17) is 20.8 Å². The summed E-state index contributed by atoms with van der Waals surface area (Å²) < 4.78 is 35.7. The number of rotatable bonds is 5. The molecule has 7 nitrogen and oxygen atoms in total. The molecular formula is C20H18ClNO6S. The average molecular weight is 436 g/mol. The number of esters is 1. The summed E-state index contributed by atoms with van der Waals surface area (Å²) in [5, 5.41) is 1.07. The van der Waals surface area contributed by atoms with Crippen LogP contribution >= 0.6 is 11.6 Å². The van der Waals surface area contributed by atoms with E-state index in [9.17, 15) is 18.0 Å². The number of halogens is 1. The van der Waals surface area contributed by atoms with Gasteiger partial charge in [-0.2, -0.15) is 0 Å². The van der Waals surface area contributed by atoms with Crippen LogP contribution in [0.1, 0.15) is 21.5 Å². The Hall–Kier alpha value is -2.68. The monoisotopic (exact) mass is 435 g/mol. The highest BCUT2D eigenvalue weighted by Crippen LogP contribution is 2.25. The van der Waals surface area contributed by atoms with Gasteiger partial charge < -0.3 is 9.15 Å². The maximum atomic E-state index is 12.3. The molecule has 0 unspecified atom stereocenters. The highest BCUT2D eigenvalue weighted by atomic mass is 35.5. The number of fused-ring (bicyclic) bond motifs is 1. The van der Waals surface area contributed by atoms with Crippen molar-refractivity contribution in [2.75, 3.05) is 14.1 Å². The Bertz CT molecular complexity index is 1250. The van der Waals surface area contributed by atoms with Crippen LogP contribution in [0.3, 0.4) is 0 Å². The normalized spacial score (nSPS) is 11.8. The molecule has 9 heteroatoms. The molecular weight excluding hydrogens is 418 g/mol. The van der Waals surface area contributed by atoms with E-state index in [1.807, 2.05) is 0 Å². The second-order valence-electron chi connectivity index (χ2n) is 6.58. The number of nitrogens with zero attached hydrogens (tertiary/aromatic N) is 1. The minimum Gasteiger partial charge on any atom is -0.457 e. The highest BCUT2D eigenvalue weighted by molar-refractivity contribution is 7.89. The van der Waals surface area contributed by atoms with Crippen LogP contribution in [0, 0.1) is 6.92 Å². The summed E-state index contributed by atoms with van der Waals surface area (Å²) >= 11 is 6.15. The molecule has 0 bridgehead atoms. The van der Waals surface area contributed by atoms with E-state index in [0.717, 1.165) is 9.87 Å². The molecule has 1 heterocycles. The van der Waals surface area contributed by atoms with Gasteiger partial charge in [-0.05, 0) is 48.9 Å². The molecule has 2 aromatic carbocycles. The van der Waals surface area contributed by atoms with Gasteiger partial charge in [-0.3, -0.25) is 0 Å².